The summed E-state index contributed by atoms with van der Waals surface area (Å²) >= 11 is 0. The number of halogens is 1. The molecule has 178 valence electrons. The topological polar surface area (TPSA) is 165 Å². The Bertz CT molecular complexity index is 1050. The van der Waals surface area contributed by atoms with Crippen molar-refractivity contribution in [3.05, 3.63) is 75.6 Å². The summed E-state index contributed by atoms with van der Waals surface area (Å²) < 4.78 is 35.7. The van der Waals surface area contributed by atoms with Crippen LogP contribution in [0.5, 0.6) is 0 Å². The normalized spacial score (nSPS) is 14.4. The van der Waals surface area contributed by atoms with E-state index in [4.69, 9.17) is 4.74 Å². The summed E-state index contributed by atoms with van der Waals surface area (Å²) in [6.45, 7) is -0.0822. The number of hydrogen-bond acceptors (Lipinski definition) is 8. The molecular formula is C20H22FN2O9P. The van der Waals surface area contributed by atoms with Crippen LogP contribution in [0.2, 0.25) is 0 Å². The number of nitro benzene ring substituents is 1. The first kappa shape index (κ1) is 25.9. The fourth-order valence-electron chi connectivity index (χ4n) is 2.80. The van der Waals surface area contributed by atoms with E-state index in [-0.39, 0.29) is 12.2 Å². The van der Waals surface area contributed by atoms with Gasteiger partial charge in [0.05, 0.1) is 12.0 Å². The van der Waals surface area contributed by atoms with Crippen molar-refractivity contribution in [2.75, 3.05) is 13.3 Å². The van der Waals surface area contributed by atoms with Gasteiger partial charge in [0.15, 0.2) is 5.85 Å². The summed E-state index contributed by atoms with van der Waals surface area (Å²) in [5, 5.41) is 23.4. The first-order valence-corrected chi connectivity index (χ1v) is 11.4. The number of benzene rings is 2. The molecule has 3 atom stereocenters. The zero-order valence-electron chi connectivity index (χ0n) is 17.4. The van der Waals surface area contributed by atoms with Crippen LogP contribution >= 0.6 is 7.37 Å². The Morgan fingerprint density at radius 2 is 1.91 bits per heavy atom. The molecule has 0 radical (unpaired) electrons. The molecule has 2 rings (SSSR count). The van der Waals surface area contributed by atoms with Crippen LogP contribution in [-0.4, -0.2) is 46.3 Å². The van der Waals surface area contributed by atoms with Gasteiger partial charge in [0.1, 0.15) is 12.6 Å². The van der Waals surface area contributed by atoms with Crippen LogP contribution in [0.3, 0.4) is 0 Å². The number of hydrogen-bond donors (Lipinski definition) is 3. The molecule has 1 amide bonds. The van der Waals surface area contributed by atoms with E-state index in [1.807, 2.05) is 0 Å². The van der Waals surface area contributed by atoms with Crippen LogP contribution in [0.4, 0.5) is 14.9 Å². The number of aliphatic hydroxyl groups is 1. The van der Waals surface area contributed by atoms with E-state index in [9.17, 15) is 38.7 Å². The van der Waals surface area contributed by atoms with Gasteiger partial charge in [-0.25, -0.2) is 9.59 Å². The van der Waals surface area contributed by atoms with Crippen molar-refractivity contribution in [3.8, 4) is 0 Å². The van der Waals surface area contributed by atoms with Crippen LogP contribution in [0, 0.1) is 15.9 Å². The zero-order chi connectivity index (χ0) is 24.6. The molecule has 11 nitrogen and oxygen atoms in total. The number of rotatable bonds is 10. The van der Waals surface area contributed by atoms with E-state index < -0.39 is 60.3 Å². The maximum absolute atomic E-state index is 13.5. The molecule has 13 heteroatoms. The van der Waals surface area contributed by atoms with Gasteiger partial charge in [0.25, 0.3) is 0 Å². The highest BCUT2D eigenvalue weighted by atomic mass is 31.2. The summed E-state index contributed by atoms with van der Waals surface area (Å²) in [5.41, 5.74) is -0.626. The number of alkyl carbamates (subject to hydrolysis) is 1. The lowest BCUT2D eigenvalue weighted by Gasteiger charge is -2.21. The molecule has 0 aromatic heterocycles. The third kappa shape index (κ3) is 7.35. The number of ether oxygens (including phenoxy) is 2. The second-order valence-corrected chi connectivity index (χ2v) is 9.34. The van der Waals surface area contributed by atoms with Crippen LogP contribution in [-0.2, 0) is 25.4 Å². The molecule has 0 saturated heterocycles. The van der Waals surface area contributed by atoms with Crippen molar-refractivity contribution in [3.63, 3.8) is 0 Å². The van der Waals surface area contributed by atoms with Crippen LogP contribution in [0.25, 0.3) is 0 Å². The first-order valence-electron chi connectivity index (χ1n) is 9.53. The average Bonchev–Trinajstić information content (AvgIpc) is 2.80. The van der Waals surface area contributed by atoms with Gasteiger partial charge in [-0.05, 0) is 23.6 Å². The highest BCUT2D eigenvalue weighted by Crippen LogP contribution is 2.54. The highest BCUT2D eigenvalue weighted by Gasteiger charge is 2.34. The molecule has 0 aliphatic heterocycles. The Labute approximate surface area is 187 Å². The Morgan fingerprint density at radius 3 is 2.52 bits per heavy atom. The number of nitrogens with zero attached hydrogens (tertiary/aromatic N) is 1. The lowest BCUT2D eigenvalue weighted by atomic mass is 10.2. The van der Waals surface area contributed by atoms with Crippen molar-refractivity contribution in [1.29, 1.82) is 0 Å². The molecule has 0 heterocycles. The SMILES string of the molecule is COC(=O)[C@@H](CCP(=O)(O)C(O)c1ccc(F)c([N+](=O)[O-])c1)NC(=O)OCc1ccccc1. The van der Waals surface area contributed by atoms with Crippen molar-refractivity contribution in [2.24, 2.45) is 0 Å². The van der Waals surface area contributed by atoms with E-state index in [0.717, 1.165) is 13.2 Å². The van der Waals surface area contributed by atoms with Gasteiger partial charge in [0, 0.05) is 12.2 Å². The molecule has 0 aliphatic rings. The lowest BCUT2D eigenvalue weighted by molar-refractivity contribution is -0.387. The minimum Gasteiger partial charge on any atom is -0.467 e. The molecule has 33 heavy (non-hydrogen) atoms. The third-order valence-corrected chi connectivity index (χ3v) is 6.54. The highest BCUT2D eigenvalue weighted by molar-refractivity contribution is 7.58. The molecular weight excluding hydrogens is 462 g/mol. The molecule has 3 N–H and O–H groups in total. The monoisotopic (exact) mass is 484 g/mol. The van der Waals surface area contributed by atoms with Crippen LogP contribution in [0.1, 0.15) is 23.4 Å². The Hall–Kier alpha value is -3.34. The second kappa shape index (κ2) is 11.5. The van der Waals surface area contributed by atoms with Gasteiger partial charge in [0.2, 0.25) is 13.2 Å². The van der Waals surface area contributed by atoms with Gasteiger partial charge in [-0.2, -0.15) is 4.39 Å². The summed E-state index contributed by atoms with van der Waals surface area (Å²) in [7, 11) is -3.42. The molecule has 0 spiro atoms. The Balaban J connectivity index is 2.04. The van der Waals surface area contributed by atoms with E-state index in [0.29, 0.717) is 17.7 Å². The number of aliphatic hydroxyl groups excluding tert-OH is 1. The number of esters is 1. The Kier molecular flexibility index (Phi) is 9.03. The summed E-state index contributed by atoms with van der Waals surface area (Å²) in [5.74, 6) is -4.17. The summed E-state index contributed by atoms with van der Waals surface area (Å²) in [6, 6.07) is 9.62. The number of amides is 1. The predicted octanol–water partition coefficient (Wildman–Crippen LogP) is 2.85. The van der Waals surface area contributed by atoms with Gasteiger partial charge in [-0.3, -0.25) is 14.7 Å². The van der Waals surface area contributed by atoms with Crippen LogP contribution in [0.15, 0.2) is 48.5 Å². The van der Waals surface area contributed by atoms with Gasteiger partial charge in [-0.15, -0.1) is 0 Å². The fourth-order valence-corrected chi connectivity index (χ4v) is 4.30. The minimum atomic E-state index is -4.47. The van der Waals surface area contributed by atoms with Crippen molar-refractivity contribution >= 4 is 25.1 Å². The number of nitrogens with one attached hydrogen (secondary N) is 1. The molecule has 2 aromatic carbocycles. The smallest absolute Gasteiger partial charge is 0.408 e. The summed E-state index contributed by atoms with van der Waals surface area (Å²) in [4.78, 5) is 44.1. The zero-order valence-corrected chi connectivity index (χ0v) is 18.3. The second-order valence-electron chi connectivity index (χ2n) is 6.89. The first-order chi connectivity index (χ1) is 15.5. The van der Waals surface area contributed by atoms with Gasteiger partial charge in [-0.1, -0.05) is 36.4 Å². The van der Waals surface area contributed by atoms with E-state index in [1.165, 1.54) is 0 Å². The van der Waals surface area contributed by atoms with Crippen molar-refractivity contribution < 1.29 is 42.9 Å². The van der Waals surface area contributed by atoms with Crippen molar-refractivity contribution in [1.82, 2.24) is 5.32 Å². The van der Waals surface area contributed by atoms with Crippen molar-refractivity contribution in [2.45, 2.75) is 24.9 Å². The number of carbonyl (C=O) groups excluding carboxylic acids is 2. The molecule has 2 unspecified atom stereocenters. The molecule has 0 fully saturated rings. The number of methoxy groups -OCH3 is 1. The van der Waals surface area contributed by atoms with Crippen LogP contribution < -0.4 is 5.32 Å². The number of nitro groups is 1. The largest absolute Gasteiger partial charge is 0.467 e. The minimum absolute atomic E-state index is 0.0822. The molecule has 0 saturated carbocycles. The quantitative estimate of drug-likeness (QED) is 0.199. The standard InChI is InChI=1S/C20H22FN2O9P/c1-31-18(24)16(22-20(26)32-12-13-5-3-2-4-6-13)9-10-33(29,30)19(25)14-7-8-15(21)17(11-14)23(27)28/h2-8,11,16,19,25H,9-10,12H2,1H3,(H,22,26)(H,29,30)/t16-,19?/m1/s1. The molecule has 2 aromatic rings. The Morgan fingerprint density at radius 1 is 1.24 bits per heavy atom. The lowest BCUT2D eigenvalue weighted by Crippen LogP contribution is -2.42. The summed E-state index contributed by atoms with van der Waals surface area (Å²) in [6.07, 6.45) is -2.06. The fraction of sp³-hybridized carbons (Fsp3) is 0.300. The van der Waals surface area contributed by atoms with Gasteiger partial charge >= 0.3 is 17.7 Å². The third-order valence-electron chi connectivity index (χ3n) is 4.58. The molecule has 0 bridgehead atoms. The maximum Gasteiger partial charge on any atom is 0.408 e. The van der Waals surface area contributed by atoms with E-state index in [2.05, 4.69) is 10.1 Å². The predicted molar refractivity (Wildman–Crippen MR) is 113 cm³/mol. The van der Waals surface area contributed by atoms with E-state index >= 15 is 0 Å². The van der Waals surface area contributed by atoms with E-state index in [1.54, 1.807) is 30.3 Å². The van der Waals surface area contributed by atoms with Gasteiger partial charge < -0.3 is 24.8 Å². The molecule has 0 aliphatic carbocycles. The maximum atomic E-state index is 13.5. The average molecular weight is 484 g/mol. The number of carbonyl (C=O) groups is 2.